The number of piperidine rings is 3. The van der Waals surface area contributed by atoms with Crippen LogP contribution in [-0.2, 0) is 14.4 Å². The minimum absolute atomic E-state index is 0.00810. The molecule has 4 atom stereocenters. The first-order valence-electron chi connectivity index (χ1n) is 13.8. The molecule has 3 heterocycles. The second-order valence-corrected chi connectivity index (χ2v) is 13.3. The molecule has 3 aliphatic heterocycles. The van der Waals surface area contributed by atoms with Crippen molar-refractivity contribution < 1.29 is 23.2 Å². The fourth-order valence-corrected chi connectivity index (χ4v) is 6.99. The Kier molecular flexibility index (Phi) is 8.17. The van der Waals surface area contributed by atoms with Crippen molar-refractivity contribution in [2.75, 3.05) is 6.54 Å². The Bertz CT molecular complexity index is 857. The van der Waals surface area contributed by atoms with E-state index in [0.29, 0.717) is 12.8 Å². The second-order valence-electron chi connectivity index (χ2n) is 13.3. The molecular weight excluding hydrogens is 464 g/mol. The summed E-state index contributed by atoms with van der Waals surface area (Å²) in [6, 6.07) is -3.89. The van der Waals surface area contributed by atoms with Crippen LogP contribution in [0, 0.1) is 17.3 Å². The summed E-state index contributed by atoms with van der Waals surface area (Å²) in [5.74, 6) is -0.970. The Hall–Kier alpha value is -1.73. The van der Waals surface area contributed by atoms with Gasteiger partial charge in [0.25, 0.3) is 0 Å². The van der Waals surface area contributed by atoms with Gasteiger partial charge in [0.05, 0.1) is 0 Å². The van der Waals surface area contributed by atoms with E-state index >= 15 is 0 Å². The van der Waals surface area contributed by atoms with Crippen LogP contribution in [-0.4, -0.2) is 68.7 Å². The van der Waals surface area contributed by atoms with Crippen LogP contribution in [0.5, 0.6) is 0 Å². The van der Waals surface area contributed by atoms with Gasteiger partial charge >= 0.3 is 6.05 Å². The summed E-state index contributed by atoms with van der Waals surface area (Å²) in [5, 5.41) is 0. The quantitative estimate of drug-likeness (QED) is 0.427. The molecule has 6 nitrogen and oxygen atoms in total. The molecule has 0 N–H and O–H groups in total. The first-order chi connectivity index (χ1) is 16.5. The minimum Gasteiger partial charge on any atom is -0.339 e. The van der Waals surface area contributed by atoms with Gasteiger partial charge in [0, 0.05) is 54.9 Å². The zero-order chi connectivity index (χ0) is 27.2. The Labute approximate surface area is 216 Å². The lowest BCUT2D eigenvalue weighted by molar-refractivity contribution is -0.197. The number of halogens is 2. The second kappa shape index (κ2) is 10.2. The van der Waals surface area contributed by atoms with E-state index < -0.39 is 23.9 Å². The fourth-order valence-electron chi connectivity index (χ4n) is 6.99. The molecule has 0 aromatic rings. The number of hydrogen-bond donors (Lipinski definition) is 0. The van der Waals surface area contributed by atoms with Crippen molar-refractivity contribution in [2.24, 2.45) is 17.3 Å². The van der Waals surface area contributed by atoms with Crippen molar-refractivity contribution in [1.29, 1.82) is 0 Å². The Morgan fingerprint density at radius 3 is 2.03 bits per heavy atom. The molecule has 8 heteroatoms. The van der Waals surface area contributed by atoms with E-state index in [1.165, 1.54) is 0 Å². The number of alkyl halides is 2. The highest BCUT2D eigenvalue weighted by Gasteiger charge is 2.49. The largest absolute Gasteiger partial charge is 0.339 e. The first-order valence-corrected chi connectivity index (χ1v) is 13.8. The van der Waals surface area contributed by atoms with E-state index in [9.17, 15) is 23.2 Å². The molecule has 0 saturated carbocycles. The predicted octanol–water partition coefficient (Wildman–Crippen LogP) is 5.45. The standard InChI is InChI=1S/C28H47F2N3O3/c1-18(2)31-17-26(5,6)16-22(24(31)35)15-20(4)33-25(36)21(11-13-27(33,7)8)14-19(3)32-23(34)10-9-12-28(32,29)30/h18-22H,9-17H2,1-8H3. The predicted molar refractivity (Wildman–Crippen MR) is 136 cm³/mol. The highest BCUT2D eigenvalue weighted by molar-refractivity contribution is 5.82. The number of hydrogen-bond acceptors (Lipinski definition) is 3. The summed E-state index contributed by atoms with van der Waals surface area (Å²) in [5.41, 5.74) is -0.375. The lowest BCUT2D eigenvalue weighted by Crippen LogP contribution is -2.60. The maximum atomic E-state index is 14.6. The summed E-state index contributed by atoms with van der Waals surface area (Å²) in [6.07, 6.45) is 2.99. The van der Waals surface area contributed by atoms with Gasteiger partial charge in [0.1, 0.15) is 0 Å². The first kappa shape index (κ1) is 28.8. The van der Waals surface area contributed by atoms with E-state index in [0.717, 1.165) is 24.3 Å². The van der Waals surface area contributed by atoms with Crippen LogP contribution >= 0.6 is 0 Å². The summed E-state index contributed by atoms with van der Waals surface area (Å²) >= 11 is 0. The third kappa shape index (κ3) is 5.88. The van der Waals surface area contributed by atoms with Gasteiger partial charge in [-0.1, -0.05) is 13.8 Å². The number of carbonyl (C=O) groups is 3. The number of likely N-dealkylation sites (tertiary alicyclic amines) is 3. The SMILES string of the molecule is CC(C)N1CC(C)(C)CC(CC(C)N2C(=O)C(CC(C)N3C(=O)CCCC3(F)F)CCC2(C)C)C1=O. The van der Waals surface area contributed by atoms with Crippen LogP contribution in [0.4, 0.5) is 8.78 Å². The van der Waals surface area contributed by atoms with E-state index in [1.807, 2.05) is 30.6 Å². The summed E-state index contributed by atoms with van der Waals surface area (Å²) in [7, 11) is 0. The number of nitrogens with zero attached hydrogens (tertiary/aromatic N) is 3. The van der Waals surface area contributed by atoms with Crippen LogP contribution < -0.4 is 0 Å². The topological polar surface area (TPSA) is 60.9 Å². The molecule has 0 radical (unpaired) electrons. The molecule has 36 heavy (non-hydrogen) atoms. The highest BCUT2D eigenvalue weighted by atomic mass is 19.3. The van der Waals surface area contributed by atoms with Gasteiger partial charge in [-0.05, 0) is 85.5 Å². The van der Waals surface area contributed by atoms with Crippen molar-refractivity contribution in [3.05, 3.63) is 0 Å². The Morgan fingerprint density at radius 2 is 1.44 bits per heavy atom. The highest BCUT2D eigenvalue weighted by Crippen LogP contribution is 2.42. The van der Waals surface area contributed by atoms with Crippen LogP contribution in [0.3, 0.4) is 0 Å². The molecule has 0 spiro atoms. The molecule has 3 saturated heterocycles. The van der Waals surface area contributed by atoms with E-state index in [2.05, 4.69) is 27.7 Å². The molecule has 0 aromatic carbocycles. The van der Waals surface area contributed by atoms with Crippen molar-refractivity contribution >= 4 is 17.7 Å². The number of carbonyl (C=O) groups excluding carboxylic acids is 3. The third-order valence-corrected chi connectivity index (χ3v) is 8.62. The molecule has 3 fully saturated rings. The van der Waals surface area contributed by atoms with Crippen molar-refractivity contribution in [3.63, 3.8) is 0 Å². The van der Waals surface area contributed by atoms with Crippen molar-refractivity contribution in [2.45, 2.75) is 136 Å². The molecule has 3 rings (SSSR count). The van der Waals surface area contributed by atoms with Gasteiger partial charge < -0.3 is 9.80 Å². The molecule has 0 bridgehead atoms. The van der Waals surface area contributed by atoms with E-state index in [-0.39, 0.29) is 66.5 Å². The van der Waals surface area contributed by atoms with E-state index in [4.69, 9.17) is 0 Å². The molecule has 0 aromatic heterocycles. The molecular formula is C28H47F2N3O3. The lowest BCUT2D eigenvalue weighted by atomic mass is 9.74. The van der Waals surface area contributed by atoms with Gasteiger partial charge in [-0.25, -0.2) is 0 Å². The number of amides is 3. The normalized spacial score (nSPS) is 30.1. The maximum Gasteiger partial charge on any atom is 0.328 e. The summed E-state index contributed by atoms with van der Waals surface area (Å²) < 4.78 is 29.1. The zero-order valence-corrected chi connectivity index (χ0v) is 23.6. The summed E-state index contributed by atoms with van der Waals surface area (Å²) in [4.78, 5) is 44.1. The number of rotatable bonds is 7. The molecule has 0 aliphatic carbocycles. The van der Waals surface area contributed by atoms with Crippen LogP contribution in [0.25, 0.3) is 0 Å². The van der Waals surface area contributed by atoms with Gasteiger partial charge in [-0.15, -0.1) is 0 Å². The van der Waals surface area contributed by atoms with Gasteiger partial charge in [-0.3, -0.25) is 19.3 Å². The van der Waals surface area contributed by atoms with Crippen LogP contribution in [0.15, 0.2) is 0 Å². The van der Waals surface area contributed by atoms with Crippen LogP contribution in [0.2, 0.25) is 0 Å². The average molecular weight is 512 g/mol. The fraction of sp³-hybridized carbons (Fsp3) is 0.893. The Balaban J connectivity index is 1.75. The molecule has 3 amide bonds. The molecule has 3 aliphatic rings. The van der Waals surface area contributed by atoms with Crippen LogP contribution in [0.1, 0.15) is 107 Å². The van der Waals surface area contributed by atoms with E-state index in [1.54, 1.807) is 6.92 Å². The zero-order valence-electron chi connectivity index (χ0n) is 23.6. The van der Waals surface area contributed by atoms with Crippen molar-refractivity contribution in [1.82, 2.24) is 14.7 Å². The Morgan fingerprint density at radius 1 is 0.861 bits per heavy atom. The van der Waals surface area contributed by atoms with Gasteiger partial charge in [0.2, 0.25) is 17.7 Å². The van der Waals surface area contributed by atoms with Gasteiger partial charge in [0.15, 0.2) is 0 Å². The lowest BCUT2D eigenvalue weighted by Gasteiger charge is -2.51. The smallest absolute Gasteiger partial charge is 0.328 e. The summed E-state index contributed by atoms with van der Waals surface area (Å²) in [6.45, 7) is 17.0. The maximum absolute atomic E-state index is 14.6. The third-order valence-electron chi connectivity index (χ3n) is 8.62. The van der Waals surface area contributed by atoms with Crippen molar-refractivity contribution in [3.8, 4) is 0 Å². The monoisotopic (exact) mass is 511 g/mol. The average Bonchev–Trinajstić information content (AvgIpc) is 2.71. The molecule has 206 valence electrons. The minimum atomic E-state index is -3.16. The van der Waals surface area contributed by atoms with Gasteiger partial charge in [-0.2, -0.15) is 8.78 Å². The molecule has 4 unspecified atom stereocenters.